The number of halogens is 2. The van der Waals surface area contributed by atoms with Crippen LogP contribution in [0, 0.1) is 29.6 Å². The van der Waals surface area contributed by atoms with Gasteiger partial charge in [-0.3, -0.25) is 24.0 Å². The van der Waals surface area contributed by atoms with Crippen molar-refractivity contribution >= 4 is 40.3 Å². The van der Waals surface area contributed by atoms with Crippen molar-refractivity contribution < 1.29 is 37.5 Å². The van der Waals surface area contributed by atoms with Crippen LogP contribution in [-0.4, -0.2) is 66.9 Å². The van der Waals surface area contributed by atoms with Crippen LogP contribution >= 0.6 is 0 Å². The number of carbonyl (C=O) groups excluding carboxylic acids is 5. The third-order valence-corrected chi connectivity index (χ3v) is 14.5. The van der Waals surface area contributed by atoms with E-state index in [9.17, 15) is 24.0 Å². The zero-order valence-corrected chi connectivity index (χ0v) is 39.5. The van der Waals surface area contributed by atoms with Crippen LogP contribution in [0.5, 0.6) is 0 Å². The number of aryl methyl sites for hydroxylation is 2. The van der Waals surface area contributed by atoms with Crippen LogP contribution in [-0.2, 0) is 32.0 Å². The molecule has 9 rings (SSSR count). The minimum atomic E-state index is -2.69. The first-order valence-electron chi connectivity index (χ1n) is 24.6. The number of ether oxygens (including phenoxy) is 1. The van der Waals surface area contributed by atoms with E-state index in [0.717, 1.165) is 86.4 Å². The molecule has 4 atom stereocenters. The maximum Gasteiger partial charge on any atom is 0.264 e. The number of Topliss-reactive ketones (excluding diaryl/α,β-unsaturated/α-hetero) is 4. The maximum absolute atomic E-state index is 15.0. The fourth-order valence-corrected chi connectivity index (χ4v) is 11.2. The molecule has 4 aliphatic heterocycles. The second-order valence-corrected chi connectivity index (χ2v) is 18.4. The lowest BCUT2D eigenvalue weighted by molar-refractivity contribution is -0.126. The molecule has 3 aliphatic carbocycles. The van der Waals surface area contributed by atoms with E-state index in [2.05, 4.69) is 28.3 Å². The fraction of sp³-hybridized carbons (Fsp3) is 0.537. The van der Waals surface area contributed by atoms with Crippen LogP contribution in [0.2, 0.25) is 0 Å². The van der Waals surface area contributed by atoms with Gasteiger partial charge in [-0.2, -0.15) is 0 Å². The SMILES string of the molecule is C=C1CCC(C2C(=O)c3ccc(CCCCC(=O)CN4C=C(c5cc6c(cc5C(F)F)N(C5=CC(C7CCOCC7)C7=C5CC(C(C)=O)CC7)CCC6)CN4)cc3C2=O)C(=O)N1.CC.CC. The standard InChI is InChI=1S/C50H56F2N4O6.2C2H6/c1-28-9-12-38(50(61)54-28)46-47(59)37-13-10-30(20-42(37)48(46)60)6-3-4-8-35(58)27-55-26-34(25-53-55)39-22-33-7-5-17-56(44(33)24-43(39)49(51)52)45-23-40(31-15-18-62-19-16-31)36-14-11-32(29(2)57)21-41(36)45;2*1-2/h10,13,20,22-24,26,31-32,38,40,46,49,53H,1,3-9,11-12,14-19,21,25,27H2,2H3,(H,54,61);2*1-2H3. The van der Waals surface area contributed by atoms with E-state index in [1.165, 1.54) is 11.1 Å². The highest BCUT2D eigenvalue weighted by Gasteiger charge is 2.47. The highest BCUT2D eigenvalue weighted by Crippen LogP contribution is 2.50. The predicted octanol–water partition coefficient (Wildman–Crippen LogP) is 10.2. The van der Waals surface area contributed by atoms with Crippen LogP contribution in [0.1, 0.15) is 155 Å². The van der Waals surface area contributed by atoms with Crippen LogP contribution < -0.4 is 15.6 Å². The molecule has 0 radical (unpaired) electrons. The summed E-state index contributed by atoms with van der Waals surface area (Å²) in [6.07, 6.45) is 10.8. The zero-order valence-electron chi connectivity index (χ0n) is 39.5. The summed E-state index contributed by atoms with van der Waals surface area (Å²) in [6.45, 7) is 16.1. The number of anilines is 1. The van der Waals surface area contributed by atoms with E-state index in [1.54, 1.807) is 36.3 Å². The van der Waals surface area contributed by atoms with Crippen molar-refractivity contribution in [1.82, 2.24) is 15.8 Å². The number of hydrogen-bond acceptors (Lipinski definition) is 9. The number of piperidine rings is 1. The molecule has 66 heavy (non-hydrogen) atoms. The number of rotatable bonds is 13. The average Bonchev–Trinajstić information content (AvgIpc) is 4.02. The lowest BCUT2D eigenvalue weighted by atomic mass is 9.75. The van der Waals surface area contributed by atoms with Crippen LogP contribution in [0.4, 0.5) is 14.5 Å². The van der Waals surface area contributed by atoms with Gasteiger partial charge in [-0.05, 0) is 136 Å². The Kier molecular flexibility index (Phi) is 16.1. The van der Waals surface area contributed by atoms with Crippen LogP contribution in [0.25, 0.3) is 5.57 Å². The number of hydrazine groups is 1. The van der Waals surface area contributed by atoms with Crippen molar-refractivity contribution in [2.75, 3.05) is 37.7 Å². The van der Waals surface area contributed by atoms with Gasteiger partial charge in [-0.15, -0.1) is 0 Å². The summed E-state index contributed by atoms with van der Waals surface area (Å²) in [4.78, 5) is 67.1. The smallest absolute Gasteiger partial charge is 0.264 e. The second kappa shape index (κ2) is 21.7. The number of nitrogens with one attached hydrogen (secondary N) is 2. The van der Waals surface area contributed by atoms with Gasteiger partial charge in [0.1, 0.15) is 5.78 Å². The summed E-state index contributed by atoms with van der Waals surface area (Å²) in [5.74, 6) is -1.65. The maximum atomic E-state index is 15.0. The molecule has 0 aromatic heterocycles. The number of alkyl halides is 2. The molecule has 1 amide bonds. The van der Waals surface area contributed by atoms with Crippen LogP contribution in [0.15, 0.2) is 71.7 Å². The van der Waals surface area contributed by atoms with Crippen LogP contribution in [0.3, 0.4) is 0 Å². The molecule has 7 aliphatic rings. The van der Waals surface area contributed by atoms with Gasteiger partial charge in [0.15, 0.2) is 17.3 Å². The van der Waals surface area contributed by atoms with Gasteiger partial charge >= 0.3 is 0 Å². The number of fused-ring (bicyclic) bond motifs is 2. The Morgan fingerprint density at radius 2 is 1.67 bits per heavy atom. The number of allylic oxidation sites excluding steroid dienone is 4. The van der Waals surface area contributed by atoms with Gasteiger partial charge in [0, 0.05) is 84.5 Å². The Morgan fingerprint density at radius 1 is 0.909 bits per heavy atom. The number of carbonyl (C=O) groups is 5. The van der Waals surface area contributed by atoms with E-state index < -0.39 is 18.3 Å². The summed E-state index contributed by atoms with van der Waals surface area (Å²) in [7, 11) is 0. The predicted molar refractivity (Wildman–Crippen MR) is 254 cm³/mol. The molecule has 10 nitrogen and oxygen atoms in total. The van der Waals surface area contributed by atoms with Crippen molar-refractivity contribution in [3.8, 4) is 0 Å². The van der Waals surface area contributed by atoms with Gasteiger partial charge in [-0.1, -0.05) is 58.1 Å². The molecule has 2 aromatic rings. The molecule has 0 spiro atoms. The fourth-order valence-electron chi connectivity index (χ4n) is 11.2. The molecular weight excluding hydrogens is 839 g/mol. The lowest BCUT2D eigenvalue weighted by Gasteiger charge is -2.36. The highest BCUT2D eigenvalue weighted by molar-refractivity contribution is 6.27. The summed E-state index contributed by atoms with van der Waals surface area (Å²) in [5, 5.41) is 4.39. The summed E-state index contributed by atoms with van der Waals surface area (Å²) in [6, 6.07) is 8.91. The molecule has 2 aromatic carbocycles. The minimum absolute atomic E-state index is 0.0159. The van der Waals surface area contributed by atoms with Crippen molar-refractivity contribution in [2.45, 2.75) is 125 Å². The van der Waals surface area contributed by atoms with Gasteiger partial charge in [0.2, 0.25) is 5.91 Å². The first-order chi connectivity index (χ1) is 31.9. The van der Waals surface area contributed by atoms with Crippen molar-refractivity contribution in [3.63, 3.8) is 0 Å². The molecule has 12 heteroatoms. The quantitative estimate of drug-likeness (QED) is 0.149. The number of nitrogens with zero attached hydrogens (tertiary/aromatic N) is 2. The van der Waals surface area contributed by atoms with Crippen molar-refractivity contribution in [2.24, 2.45) is 29.6 Å². The third kappa shape index (κ3) is 10.1. The van der Waals surface area contributed by atoms with Gasteiger partial charge < -0.3 is 20.0 Å². The summed E-state index contributed by atoms with van der Waals surface area (Å²) < 4.78 is 35.8. The second-order valence-electron chi connectivity index (χ2n) is 18.4. The summed E-state index contributed by atoms with van der Waals surface area (Å²) >= 11 is 0. The average molecular weight is 907 g/mol. The summed E-state index contributed by atoms with van der Waals surface area (Å²) in [5.41, 5.74) is 12.3. The Hall–Kier alpha value is -5.07. The Bertz CT molecular complexity index is 2320. The molecule has 2 fully saturated rings. The van der Waals surface area contributed by atoms with Gasteiger partial charge in [-0.25, -0.2) is 14.2 Å². The number of benzene rings is 2. The molecule has 0 saturated carbocycles. The molecular formula is C54H68F2N4O6. The molecule has 4 unspecified atom stereocenters. The molecule has 2 N–H and O–H groups in total. The Morgan fingerprint density at radius 3 is 2.39 bits per heavy atom. The number of hydrogen-bond donors (Lipinski definition) is 2. The largest absolute Gasteiger partial charge is 0.381 e. The zero-order chi connectivity index (χ0) is 47.2. The normalized spacial score (nSPS) is 23.9. The van der Waals surface area contributed by atoms with Gasteiger partial charge in [0.05, 0.1) is 18.4 Å². The van der Waals surface area contributed by atoms with E-state index in [0.29, 0.717) is 85.7 Å². The number of amides is 1. The first-order valence-corrected chi connectivity index (χ1v) is 24.6. The minimum Gasteiger partial charge on any atom is -0.381 e. The van der Waals surface area contributed by atoms with Gasteiger partial charge in [0.25, 0.3) is 6.43 Å². The van der Waals surface area contributed by atoms with Crippen molar-refractivity contribution in [1.29, 1.82) is 0 Å². The number of ketones is 4. The van der Waals surface area contributed by atoms with E-state index in [-0.39, 0.29) is 47.1 Å². The molecule has 354 valence electrons. The first kappa shape index (κ1) is 48.9. The molecule has 0 bridgehead atoms. The molecule has 2 saturated heterocycles. The Labute approximate surface area is 389 Å². The topological polar surface area (TPSA) is 125 Å². The third-order valence-electron chi connectivity index (χ3n) is 14.5. The van der Waals surface area contributed by atoms with Crippen molar-refractivity contribution in [3.05, 3.63) is 105 Å². The van der Waals surface area contributed by atoms with E-state index in [1.807, 2.05) is 39.8 Å². The monoisotopic (exact) mass is 907 g/mol. The highest BCUT2D eigenvalue weighted by atomic mass is 19.3. The molecule has 4 heterocycles. The van der Waals surface area contributed by atoms with E-state index >= 15 is 8.78 Å². The van der Waals surface area contributed by atoms with E-state index in [4.69, 9.17) is 4.74 Å². The Balaban J connectivity index is 0.00000158. The number of unbranched alkanes of at least 4 members (excludes halogenated alkanes) is 1. The lowest BCUT2D eigenvalue weighted by Crippen LogP contribution is -2.42.